The third-order valence-electron chi connectivity index (χ3n) is 4.71. The topological polar surface area (TPSA) is 71.8 Å². The maximum absolute atomic E-state index is 12.3. The number of carbonyl (C=O) groups excluding carboxylic acids is 2. The first-order valence-corrected chi connectivity index (χ1v) is 9.39. The molecule has 1 aromatic carbocycles. The van der Waals surface area contributed by atoms with Gasteiger partial charge in [-0.1, -0.05) is 0 Å². The summed E-state index contributed by atoms with van der Waals surface area (Å²) in [5, 5.41) is 3.00. The molecule has 0 bridgehead atoms. The van der Waals surface area contributed by atoms with Crippen LogP contribution in [0.25, 0.3) is 0 Å². The minimum absolute atomic E-state index is 0.00921. The number of rotatable bonds is 6. The van der Waals surface area contributed by atoms with Crippen LogP contribution in [-0.2, 0) is 0 Å². The van der Waals surface area contributed by atoms with Crippen molar-refractivity contribution in [3.63, 3.8) is 0 Å². The standard InChI is InChI=1S/C21H26N2O4/c1-15(2)27-19-5-3-17(4-6-19)20(24)22-13-16-7-10-23(11-8-16)21(25)18-9-12-26-14-18/h3-6,9,12,14-16H,7-8,10-11,13H2,1-2H3,(H,22,24). The lowest BCUT2D eigenvalue weighted by Gasteiger charge is -2.31. The number of nitrogens with zero attached hydrogens (tertiary/aromatic N) is 1. The highest BCUT2D eigenvalue weighted by molar-refractivity contribution is 5.94. The van der Waals surface area contributed by atoms with Gasteiger partial charge in [-0.2, -0.15) is 0 Å². The Balaban J connectivity index is 1.43. The Morgan fingerprint density at radius 3 is 2.44 bits per heavy atom. The Bertz CT molecular complexity index is 745. The van der Waals surface area contributed by atoms with Gasteiger partial charge in [0, 0.05) is 25.2 Å². The first kappa shape index (κ1) is 19.0. The van der Waals surface area contributed by atoms with Gasteiger partial charge in [0.15, 0.2) is 0 Å². The smallest absolute Gasteiger partial charge is 0.257 e. The molecule has 0 saturated carbocycles. The van der Waals surface area contributed by atoms with Crippen LogP contribution in [0.5, 0.6) is 5.75 Å². The van der Waals surface area contributed by atoms with Gasteiger partial charge in [-0.05, 0) is 62.9 Å². The maximum atomic E-state index is 12.3. The third-order valence-corrected chi connectivity index (χ3v) is 4.71. The average molecular weight is 370 g/mol. The van der Waals surface area contributed by atoms with Gasteiger partial charge in [0.25, 0.3) is 11.8 Å². The molecule has 1 fully saturated rings. The summed E-state index contributed by atoms with van der Waals surface area (Å²) in [6.45, 7) is 5.96. The van der Waals surface area contributed by atoms with E-state index >= 15 is 0 Å². The SMILES string of the molecule is CC(C)Oc1ccc(C(=O)NCC2CCN(C(=O)c3ccoc3)CC2)cc1. The van der Waals surface area contributed by atoms with E-state index in [1.54, 1.807) is 18.2 Å². The molecule has 2 aromatic rings. The van der Waals surface area contributed by atoms with Gasteiger partial charge in [-0.25, -0.2) is 0 Å². The number of furan rings is 1. The van der Waals surface area contributed by atoms with Crippen molar-refractivity contribution in [1.29, 1.82) is 0 Å². The van der Waals surface area contributed by atoms with E-state index in [0.29, 0.717) is 36.7 Å². The van der Waals surface area contributed by atoms with Crippen LogP contribution in [0.3, 0.4) is 0 Å². The Hall–Kier alpha value is -2.76. The van der Waals surface area contributed by atoms with Gasteiger partial charge < -0.3 is 19.4 Å². The number of hydrogen-bond donors (Lipinski definition) is 1. The van der Waals surface area contributed by atoms with Gasteiger partial charge in [0.1, 0.15) is 12.0 Å². The fourth-order valence-electron chi connectivity index (χ4n) is 3.21. The average Bonchev–Trinajstić information content (AvgIpc) is 3.21. The minimum Gasteiger partial charge on any atom is -0.491 e. The van der Waals surface area contributed by atoms with E-state index in [4.69, 9.17) is 9.15 Å². The van der Waals surface area contributed by atoms with Gasteiger partial charge in [0.05, 0.1) is 17.9 Å². The molecule has 1 N–H and O–H groups in total. The van der Waals surface area contributed by atoms with E-state index in [9.17, 15) is 9.59 Å². The summed E-state index contributed by atoms with van der Waals surface area (Å²) < 4.78 is 10.6. The molecule has 3 rings (SSSR count). The second kappa shape index (κ2) is 8.75. The van der Waals surface area contributed by atoms with Crippen LogP contribution in [0.15, 0.2) is 47.3 Å². The number of benzene rings is 1. The van der Waals surface area contributed by atoms with Crippen molar-refractivity contribution in [2.45, 2.75) is 32.8 Å². The van der Waals surface area contributed by atoms with Gasteiger partial charge in [-0.3, -0.25) is 9.59 Å². The van der Waals surface area contributed by atoms with Crippen molar-refractivity contribution in [3.05, 3.63) is 54.0 Å². The normalized spacial score (nSPS) is 15.0. The number of nitrogens with one attached hydrogen (secondary N) is 1. The number of hydrogen-bond acceptors (Lipinski definition) is 4. The number of likely N-dealkylation sites (tertiary alicyclic amines) is 1. The molecule has 1 aromatic heterocycles. The summed E-state index contributed by atoms with van der Waals surface area (Å²) in [4.78, 5) is 26.5. The predicted octanol–water partition coefficient (Wildman–Crippen LogP) is 3.35. The molecule has 1 aliphatic heterocycles. The van der Waals surface area contributed by atoms with Crippen LogP contribution in [0.4, 0.5) is 0 Å². The largest absolute Gasteiger partial charge is 0.491 e. The lowest BCUT2D eigenvalue weighted by Crippen LogP contribution is -2.41. The zero-order valence-electron chi connectivity index (χ0n) is 15.8. The third kappa shape index (κ3) is 5.12. The van der Waals surface area contributed by atoms with E-state index in [-0.39, 0.29) is 17.9 Å². The molecule has 0 unspecified atom stereocenters. The second-order valence-corrected chi connectivity index (χ2v) is 7.15. The van der Waals surface area contributed by atoms with Crippen molar-refractivity contribution in [1.82, 2.24) is 10.2 Å². The number of carbonyl (C=O) groups is 2. The van der Waals surface area contributed by atoms with Crippen molar-refractivity contribution < 1.29 is 18.7 Å². The van der Waals surface area contributed by atoms with Crippen molar-refractivity contribution in [3.8, 4) is 5.75 Å². The molecule has 2 amide bonds. The highest BCUT2D eigenvalue weighted by Crippen LogP contribution is 2.19. The molecule has 1 saturated heterocycles. The molecular weight excluding hydrogens is 344 g/mol. The van der Waals surface area contributed by atoms with Crippen molar-refractivity contribution in [2.24, 2.45) is 5.92 Å². The van der Waals surface area contributed by atoms with Gasteiger partial charge in [0.2, 0.25) is 0 Å². The summed E-state index contributed by atoms with van der Waals surface area (Å²) in [6, 6.07) is 8.87. The van der Waals surface area contributed by atoms with E-state index in [1.165, 1.54) is 12.5 Å². The molecular formula is C21H26N2O4. The second-order valence-electron chi connectivity index (χ2n) is 7.15. The molecule has 6 heteroatoms. The molecule has 1 aliphatic rings. The molecule has 2 heterocycles. The first-order chi connectivity index (χ1) is 13.0. The van der Waals surface area contributed by atoms with Crippen LogP contribution < -0.4 is 10.1 Å². The van der Waals surface area contributed by atoms with Crippen LogP contribution in [0, 0.1) is 5.92 Å². The van der Waals surface area contributed by atoms with Crippen molar-refractivity contribution >= 4 is 11.8 Å². The quantitative estimate of drug-likeness (QED) is 0.846. The zero-order valence-corrected chi connectivity index (χ0v) is 15.8. The molecule has 0 radical (unpaired) electrons. The maximum Gasteiger partial charge on any atom is 0.257 e. The van der Waals surface area contributed by atoms with Crippen LogP contribution in [-0.4, -0.2) is 42.5 Å². The molecule has 144 valence electrons. The highest BCUT2D eigenvalue weighted by atomic mass is 16.5. The lowest BCUT2D eigenvalue weighted by molar-refractivity contribution is 0.0683. The predicted molar refractivity (Wildman–Crippen MR) is 102 cm³/mol. The van der Waals surface area contributed by atoms with Crippen molar-refractivity contribution in [2.75, 3.05) is 19.6 Å². The number of piperidine rings is 1. The fourth-order valence-corrected chi connectivity index (χ4v) is 3.21. The molecule has 0 spiro atoms. The summed E-state index contributed by atoms with van der Waals surface area (Å²) in [5.74, 6) is 1.07. The first-order valence-electron chi connectivity index (χ1n) is 9.39. The zero-order chi connectivity index (χ0) is 19.2. The van der Waals surface area contributed by atoms with E-state index in [0.717, 1.165) is 18.6 Å². The van der Waals surface area contributed by atoms with Crippen LogP contribution >= 0.6 is 0 Å². The lowest BCUT2D eigenvalue weighted by atomic mass is 9.96. The number of ether oxygens (including phenoxy) is 1. The van der Waals surface area contributed by atoms with Gasteiger partial charge in [-0.15, -0.1) is 0 Å². The van der Waals surface area contributed by atoms with E-state index in [1.807, 2.05) is 30.9 Å². The Kier molecular flexibility index (Phi) is 6.16. The Labute approximate surface area is 159 Å². The Morgan fingerprint density at radius 1 is 1.15 bits per heavy atom. The summed E-state index contributed by atoms with van der Waals surface area (Å²) in [5.41, 5.74) is 1.21. The summed E-state index contributed by atoms with van der Waals surface area (Å²) in [6.07, 6.45) is 4.86. The van der Waals surface area contributed by atoms with Crippen LogP contribution in [0.2, 0.25) is 0 Å². The van der Waals surface area contributed by atoms with E-state index in [2.05, 4.69) is 5.32 Å². The monoisotopic (exact) mass is 370 g/mol. The highest BCUT2D eigenvalue weighted by Gasteiger charge is 2.24. The minimum atomic E-state index is -0.0806. The van der Waals surface area contributed by atoms with Gasteiger partial charge >= 0.3 is 0 Å². The van der Waals surface area contributed by atoms with Crippen LogP contribution in [0.1, 0.15) is 47.4 Å². The molecule has 6 nitrogen and oxygen atoms in total. The number of amides is 2. The van der Waals surface area contributed by atoms with E-state index < -0.39 is 0 Å². The Morgan fingerprint density at radius 2 is 1.85 bits per heavy atom. The summed E-state index contributed by atoms with van der Waals surface area (Å²) >= 11 is 0. The summed E-state index contributed by atoms with van der Waals surface area (Å²) in [7, 11) is 0. The molecule has 0 aliphatic carbocycles. The molecule has 0 atom stereocenters. The fraction of sp³-hybridized carbons (Fsp3) is 0.429. The molecule has 27 heavy (non-hydrogen) atoms.